The number of hydrogen-bond donors (Lipinski definition) is 1. The molecule has 1 radical (unpaired) electrons. The van der Waals surface area contributed by atoms with Crippen LogP contribution in [0, 0.1) is 13.0 Å². The lowest BCUT2D eigenvalue weighted by Gasteiger charge is -2.20. The van der Waals surface area contributed by atoms with Crippen molar-refractivity contribution in [2.75, 3.05) is 6.54 Å². The average molecular weight is 154 g/mol. The van der Waals surface area contributed by atoms with Gasteiger partial charge in [0.2, 0.25) is 0 Å². The summed E-state index contributed by atoms with van der Waals surface area (Å²) in [5.41, 5.74) is 0. The first kappa shape index (κ1) is 9.05. The first-order valence-corrected chi connectivity index (χ1v) is 4.93. The van der Waals surface area contributed by atoms with E-state index in [1.54, 1.807) is 0 Å². The molecular formula is C10H20N. The van der Waals surface area contributed by atoms with Crippen molar-refractivity contribution in [3.63, 3.8) is 0 Å². The zero-order valence-electron chi connectivity index (χ0n) is 7.44. The van der Waals surface area contributed by atoms with Gasteiger partial charge in [0.05, 0.1) is 0 Å². The van der Waals surface area contributed by atoms with Crippen LogP contribution in [0.3, 0.4) is 0 Å². The molecule has 65 valence electrons. The van der Waals surface area contributed by atoms with Crippen molar-refractivity contribution < 1.29 is 0 Å². The van der Waals surface area contributed by atoms with Gasteiger partial charge in [-0.25, -0.2) is 0 Å². The summed E-state index contributed by atoms with van der Waals surface area (Å²) in [7, 11) is 3.62. The second kappa shape index (κ2) is 5.59. The molecule has 0 aromatic carbocycles. The molecule has 0 unspecified atom stereocenters. The van der Waals surface area contributed by atoms with Crippen molar-refractivity contribution >= 4 is 0 Å². The van der Waals surface area contributed by atoms with Crippen LogP contribution in [0.25, 0.3) is 0 Å². The molecule has 0 aliphatic heterocycles. The van der Waals surface area contributed by atoms with Crippen molar-refractivity contribution in [3.05, 3.63) is 7.05 Å². The minimum Gasteiger partial charge on any atom is -0.315 e. The van der Waals surface area contributed by atoms with Crippen LogP contribution in [0.1, 0.15) is 44.9 Å². The van der Waals surface area contributed by atoms with Gasteiger partial charge in [-0.15, -0.1) is 0 Å². The number of hydrogen-bond acceptors (Lipinski definition) is 1. The van der Waals surface area contributed by atoms with Gasteiger partial charge >= 0.3 is 0 Å². The number of rotatable bonds is 4. The van der Waals surface area contributed by atoms with Gasteiger partial charge in [0.1, 0.15) is 0 Å². The third-order valence-corrected chi connectivity index (χ3v) is 2.69. The summed E-state index contributed by atoms with van der Waals surface area (Å²) in [6.45, 7) is 1.09. The molecule has 11 heavy (non-hydrogen) atoms. The summed E-state index contributed by atoms with van der Waals surface area (Å²) in [4.78, 5) is 0. The second-order valence-corrected chi connectivity index (χ2v) is 3.65. The van der Waals surface area contributed by atoms with E-state index in [9.17, 15) is 0 Å². The van der Waals surface area contributed by atoms with E-state index in [4.69, 9.17) is 0 Å². The third kappa shape index (κ3) is 3.76. The molecule has 0 saturated heterocycles. The maximum atomic E-state index is 3.62. The quantitative estimate of drug-likeness (QED) is 0.614. The number of nitrogens with one attached hydrogen (secondary N) is 1. The Morgan fingerprint density at radius 3 is 2.55 bits per heavy atom. The summed E-state index contributed by atoms with van der Waals surface area (Å²) in [6.07, 6.45) is 10.1. The Morgan fingerprint density at radius 1 is 1.18 bits per heavy atom. The van der Waals surface area contributed by atoms with Crippen LogP contribution in [0.2, 0.25) is 0 Å². The van der Waals surface area contributed by atoms with E-state index in [2.05, 4.69) is 12.4 Å². The Bertz CT molecular complexity index is 84.9. The standard InChI is InChI=1S/C10H20N/c1-11-9-5-8-10-6-3-2-4-7-10/h10-11H,1-9H2. The average Bonchev–Trinajstić information content (AvgIpc) is 2.07. The molecule has 1 aliphatic carbocycles. The lowest BCUT2D eigenvalue weighted by molar-refractivity contribution is 0.332. The zero-order valence-corrected chi connectivity index (χ0v) is 7.44. The normalized spacial score (nSPS) is 20.5. The van der Waals surface area contributed by atoms with Gasteiger partial charge in [-0.3, -0.25) is 0 Å². The fourth-order valence-electron chi connectivity index (χ4n) is 1.99. The van der Waals surface area contributed by atoms with Crippen molar-refractivity contribution in [1.82, 2.24) is 5.32 Å². The topological polar surface area (TPSA) is 12.0 Å². The molecule has 0 amide bonds. The molecule has 0 heterocycles. The lowest BCUT2D eigenvalue weighted by Crippen LogP contribution is -2.10. The SMILES string of the molecule is [CH2]NCCCC1CCCCC1. The van der Waals surface area contributed by atoms with E-state index in [1.807, 2.05) is 0 Å². The smallest absolute Gasteiger partial charge is 0.00767 e. The Morgan fingerprint density at radius 2 is 1.91 bits per heavy atom. The third-order valence-electron chi connectivity index (χ3n) is 2.69. The van der Waals surface area contributed by atoms with Crippen LogP contribution in [-0.2, 0) is 0 Å². The van der Waals surface area contributed by atoms with Gasteiger partial charge < -0.3 is 5.32 Å². The minimum absolute atomic E-state index is 1.04. The fraction of sp³-hybridized carbons (Fsp3) is 0.900. The highest BCUT2D eigenvalue weighted by Gasteiger charge is 2.11. The van der Waals surface area contributed by atoms with Gasteiger partial charge in [-0.1, -0.05) is 32.1 Å². The van der Waals surface area contributed by atoms with Crippen LogP contribution >= 0.6 is 0 Å². The molecule has 1 rings (SSSR count). The molecule has 1 saturated carbocycles. The minimum atomic E-state index is 1.04. The molecule has 0 bridgehead atoms. The highest BCUT2D eigenvalue weighted by molar-refractivity contribution is 4.65. The molecule has 1 nitrogen and oxygen atoms in total. The van der Waals surface area contributed by atoms with Crippen molar-refractivity contribution in [1.29, 1.82) is 0 Å². The Balaban J connectivity index is 1.96. The molecular weight excluding hydrogens is 134 g/mol. The van der Waals surface area contributed by atoms with Crippen molar-refractivity contribution in [2.45, 2.75) is 44.9 Å². The van der Waals surface area contributed by atoms with Crippen LogP contribution < -0.4 is 5.32 Å². The summed E-state index contributed by atoms with van der Waals surface area (Å²) < 4.78 is 0. The highest BCUT2D eigenvalue weighted by Crippen LogP contribution is 2.26. The molecule has 1 fully saturated rings. The van der Waals surface area contributed by atoms with E-state index in [0.29, 0.717) is 0 Å². The molecule has 0 aromatic heterocycles. The summed E-state index contributed by atoms with van der Waals surface area (Å²) in [5, 5.41) is 2.96. The zero-order chi connectivity index (χ0) is 7.94. The monoisotopic (exact) mass is 154 g/mol. The predicted molar refractivity (Wildman–Crippen MR) is 49.2 cm³/mol. The summed E-state index contributed by atoms with van der Waals surface area (Å²) in [6, 6.07) is 0. The highest BCUT2D eigenvalue weighted by atomic mass is 14.8. The summed E-state index contributed by atoms with van der Waals surface area (Å²) >= 11 is 0. The molecule has 0 aromatic rings. The van der Waals surface area contributed by atoms with Gasteiger partial charge in [0.15, 0.2) is 0 Å². The fourth-order valence-corrected chi connectivity index (χ4v) is 1.99. The molecule has 0 spiro atoms. The maximum absolute atomic E-state index is 3.62. The predicted octanol–water partition coefficient (Wildman–Crippen LogP) is 2.73. The van der Waals surface area contributed by atoms with Crippen molar-refractivity contribution in [3.8, 4) is 0 Å². The van der Waals surface area contributed by atoms with Crippen LogP contribution in [0.5, 0.6) is 0 Å². The molecule has 0 atom stereocenters. The molecule has 1 heteroatoms. The largest absolute Gasteiger partial charge is 0.315 e. The lowest BCUT2D eigenvalue weighted by atomic mass is 9.86. The first-order valence-electron chi connectivity index (χ1n) is 4.93. The van der Waals surface area contributed by atoms with Gasteiger partial charge in [-0.2, -0.15) is 0 Å². The second-order valence-electron chi connectivity index (χ2n) is 3.65. The van der Waals surface area contributed by atoms with Gasteiger partial charge in [-0.05, 0) is 25.3 Å². The van der Waals surface area contributed by atoms with Crippen LogP contribution in [-0.4, -0.2) is 6.54 Å². The summed E-state index contributed by atoms with van der Waals surface area (Å²) in [5.74, 6) is 1.04. The van der Waals surface area contributed by atoms with E-state index < -0.39 is 0 Å². The molecule has 1 aliphatic rings. The Kier molecular flexibility index (Phi) is 4.60. The van der Waals surface area contributed by atoms with E-state index in [0.717, 1.165) is 12.5 Å². The maximum Gasteiger partial charge on any atom is 0.00767 e. The van der Waals surface area contributed by atoms with E-state index in [1.165, 1.54) is 44.9 Å². The van der Waals surface area contributed by atoms with E-state index in [-0.39, 0.29) is 0 Å². The Hall–Kier alpha value is -0.0400. The van der Waals surface area contributed by atoms with Crippen molar-refractivity contribution in [2.24, 2.45) is 5.92 Å². The first-order chi connectivity index (χ1) is 5.43. The molecule has 1 N–H and O–H groups in total. The van der Waals surface area contributed by atoms with Crippen LogP contribution in [0.4, 0.5) is 0 Å². The Labute approximate surface area is 70.6 Å². The van der Waals surface area contributed by atoms with Gasteiger partial charge in [0, 0.05) is 7.05 Å². The van der Waals surface area contributed by atoms with Crippen LogP contribution in [0.15, 0.2) is 0 Å². The van der Waals surface area contributed by atoms with Gasteiger partial charge in [0.25, 0.3) is 0 Å². The van der Waals surface area contributed by atoms with E-state index >= 15 is 0 Å².